The van der Waals surface area contributed by atoms with Crippen LogP contribution in [-0.4, -0.2) is 38.0 Å². The third kappa shape index (κ3) is 4.15. The quantitative estimate of drug-likeness (QED) is 0.884. The van der Waals surface area contributed by atoms with E-state index >= 15 is 0 Å². The Morgan fingerprint density at radius 2 is 2.00 bits per heavy atom. The number of halogens is 2. The largest absolute Gasteiger partial charge is 0.344 e. The summed E-state index contributed by atoms with van der Waals surface area (Å²) in [7, 11) is 3.81. The third-order valence-electron chi connectivity index (χ3n) is 4.54. The Morgan fingerprint density at radius 3 is 2.59 bits per heavy atom. The Labute approximate surface area is 144 Å². The smallest absolute Gasteiger partial charge is 0.233 e. The predicted octanol–water partition coefficient (Wildman–Crippen LogP) is 3.64. The molecule has 124 valence electrons. The molecular weight excluding hydrogens is 319 g/mol. The van der Waals surface area contributed by atoms with E-state index < -0.39 is 0 Å². The van der Waals surface area contributed by atoms with Crippen molar-refractivity contribution in [1.29, 1.82) is 0 Å². The van der Waals surface area contributed by atoms with Crippen LogP contribution in [0.25, 0.3) is 0 Å². The summed E-state index contributed by atoms with van der Waals surface area (Å²) in [6, 6.07) is 7.85. The third-order valence-corrected chi connectivity index (χ3v) is 4.77. The SMILES string of the molecule is CNCCN(C)C(=O)C1(c2cccc(Cl)c2)CCCCC1.Cl. The first-order valence-corrected chi connectivity index (χ1v) is 8.14. The summed E-state index contributed by atoms with van der Waals surface area (Å²) in [5, 5.41) is 3.81. The lowest BCUT2D eigenvalue weighted by Gasteiger charge is -2.39. The Kier molecular flexibility index (Phi) is 7.67. The molecule has 0 saturated heterocycles. The van der Waals surface area contributed by atoms with Crippen molar-refractivity contribution in [2.75, 3.05) is 27.2 Å². The summed E-state index contributed by atoms with van der Waals surface area (Å²) in [6.07, 6.45) is 5.29. The number of nitrogens with zero attached hydrogens (tertiary/aromatic N) is 1. The molecule has 1 aromatic carbocycles. The number of rotatable bonds is 5. The van der Waals surface area contributed by atoms with Crippen LogP contribution in [0.5, 0.6) is 0 Å². The Morgan fingerprint density at radius 1 is 1.32 bits per heavy atom. The lowest BCUT2D eigenvalue weighted by Crippen LogP contribution is -2.48. The van der Waals surface area contributed by atoms with Crippen molar-refractivity contribution in [3.05, 3.63) is 34.9 Å². The van der Waals surface area contributed by atoms with Crippen molar-refractivity contribution in [3.63, 3.8) is 0 Å². The number of hydrogen-bond acceptors (Lipinski definition) is 2. The summed E-state index contributed by atoms with van der Waals surface area (Å²) >= 11 is 6.16. The molecule has 1 amide bonds. The maximum Gasteiger partial charge on any atom is 0.233 e. The molecule has 3 nitrogen and oxygen atoms in total. The molecule has 1 aliphatic carbocycles. The molecule has 1 N–H and O–H groups in total. The van der Waals surface area contributed by atoms with Crippen LogP contribution >= 0.6 is 24.0 Å². The number of carbonyl (C=O) groups is 1. The van der Waals surface area contributed by atoms with Gasteiger partial charge < -0.3 is 10.2 Å². The van der Waals surface area contributed by atoms with Gasteiger partial charge in [-0.3, -0.25) is 4.79 Å². The van der Waals surface area contributed by atoms with Crippen LogP contribution in [0.15, 0.2) is 24.3 Å². The molecule has 5 heteroatoms. The van der Waals surface area contributed by atoms with Crippen molar-refractivity contribution in [3.8, 4) is 0 Å². The number of nitrogens with one attached hydrogen (secondary N) is 1. The zero-order valence-corrected chi connectivity index (χ0v) is 15.0. The van der Waals surface area contributed by atoms with Gasteiger partial charge in [-0.15, -0.1) is 12.4 Å². The van der Waals surface area contributed by atoms with Crippen molar-refractivity contribution in [2.45, 2.75) is 37.5 Å². The molecule has 0 radical (unpaired) electrons. The minimum absolute atomic E-state index is 0. The highest BCUT2D eigenvalue weighted by molar-refractivity contribution is 6.30. The van der Waals surface area contributed by atoms with Gasteiger partial charge >= 0.3 is 0 Å². The van der Waals surface area contributed by atoms with Gasteiger partial charge in [-0.2, -0.15) is 0 Å². The van der Waals surface area contributed by atoms with Crippen molar-refractivity contribution in [2.24, 2.45) is 0 Å². The van der Waals surface area contributed by atoms with Gasteiger partial charge in [-0.1, -0.05) is 43.0 Å². The molecule has 1 fully saturated rings. The fraction of sp³-hybridized carbons (Fsp3) is 0.588. The monoisotopic (exact) mass is 344 g/mol. The normalized spacial score (nSPS) is 16.7. The number of hydrogen-bond donors (Lipinski definition) is 1. The van der Waals surface area contributed by atoms with E-state index in [-0.39, 0.29) is 23.7 Å². The Bertz CT molecular complexity index is 487. The van der Waals surface area contributed by atoms with Crippen molar-refractivity contribution < 1.29 is 4.79 Å². The molecule has 0 heterocycles. The minimum atomic E-state index is -0.383. The number of benzene rings is 1. The van der Waals surface area contributed by atoms with Crippen LogP contribution in [0.2, 0.25) is 5.02 Å². The minimum Gasteiger partial charge on any atom is -0.344 e. The van der Waals surface area contributed by atoms with E-state index in [0.29, 0.717) is 5.02 Å². The molecule has 22 heavy (non-hydrogen) atoms. The molecule has 2 rings (SSSR count). The van der Waals surface area contributed by atoms with Gasteiger partial charge in [0.1, 0.15) is 0 Å². The van der Waals surface area contributed by atoms with Gasteiger partial charge in [-0.05, 0) is 37.6 Å². The highest BCUT2D eigenvalue weighted by Crippen LogP contribution is 2.41. The molecule has 1 saturated carbocycles. The molecule has 1 aromatic rings. The molecule has 0 unspecified atom stereocenters. The van der Waals surface area contributed by atoms with Crippen molar-refractivity contribution in [1.82, 2.24) is 10.2 Å². The summed E-state index contributed by atoms with van der Waals surface area (Å²) in [5.74, 6) is 0.236. The van der Waals surface area contributed by atoms with Gasteiger partial charge in [-0.25, -0.2) is 0 Å². The van der Waals surface area contributed by atoms with Crippen LogP contribution in [-0.2, 0) is 10.2 Å². The van der Waals surface area contributed by atoms with E-state index in [4.69, 9.17) is 11.6 Å². The second-order valence-electron chi connectivity index (χ2n) is 5.98. The lowest BCUT2D eigenvalue weighted by atomic mass is 9.68. The molecule has 1 aliphatic rings. The summed E-state index contributed by atoms with van der Waals surface area (Å²) in [5.41, 5.74) is 0.696. The first-order valence-electron chi connectivity index (χ1n) is 7.76. The molecule has 0 bridgehead atoms. The standard InChI is InChI=1S/C17H25ClN2O.ClH/c1-19-11-12-20(2)16(21)17(9-4-3-5-10-17)14-7-6-8-15(18)13-14;/h6-8,13,19H,3-5,9-12H2,1-2H3;1H. The average Bonchev–Trinajstić information content (AvgIpc) is 2.52. The zero-order valence-electron chi connectivity index (χ0n) is 13.4. The van der Waals surface area contributed by atoms with E-state index in [1.807, 2.05) is 37.2 Å². The fourth-order valence-corrected chi connectivity index (χ4v) is 3.50. The molecule has 0 aromatic heterocycles. The first-order chi connectivity index (χ1) is 10.1. The van der Waals surface area contributed by atoms with Crippen molar-refractivity contribution >= 4 is 29.9 Å². The molecule has 0 aliphatic heterocycles. The number of likely N-dealkylation sites (N-methyl/N-ethyl adjacent to an activating group) is 2. The van der Waals surface area contributed by atoms with E-state index in [9.17, 15) is 4.79 Å². The molecule has 0 atom stereocenters. The lowest BCUT2D eigenvalue weighted by molar-refractivity contribution is -0.137. The maximum atomic E-state index is 13.1. The second kappa shape index (κ2) is 8.76. The van der Waals surface area contributed by atoms with Crippen LogP contribution < -0.4 is 5.32 Å². The maximum absolute atomic E-state index is 13.1. The van der Waals surface area contributed by atoms with Crippen LogP contribution in [0, 0.1) is 0 Å². The van der Waals surface area contributed by atoms with Crippen LogP contribution in [0.3, 0.4) is 0 Å². The van der Waals surface area contributed by atoms with E-state index in [1.54, 1.807) is 0 Å². The van der Waals surface area contributed by atoms with E-state index in [2.05, 4.69) is 11.4 Å². The van der Waals surface area contributed by atoms with Gasteiger partial charge in [0, 0.05) is 25.2 Å². The summed E-state index contributed by atoms with van der Waals surface area (Å²) in [6.45, 7) is 1.55. The second-order valence-corrected chi connectivity index (χ2v) is 6.42. The Hall–Kier alpha value is -0.770. The van der Waals surface area contributed by atoms with Gasteiger partial charge in [0.25, 0.3) is 0 Å². The molecule has 0 spiro atoms. The predicted molar refractivity (Wildman–Crippen MR) is 95.0 cm³/mol. The average molecular weight is 345 g/mol. The van der Waals surface area contributed by atoms with Crippen LogP contribution in [0.1, 0.15) is 37.7 Å². The summed E-state index contributed by atoms with van der Waals surface area (Å²) in [4.78, 5) is 15.0. The highest BCUT2D eigenvalue weighted by Gasteiger charge is 2.42. The zero-order chi connectivity index (χ0) is 15.3. The van der Waals surface area contributed by atoms with E-state index in [1.165, 1.54) is 6.42 Å². The highest BCUT2D eigenvalue weighted by atomic mass is 35.5. The Balaban J connectivity index is 0.00000242. The van der Waals surface area contributed by atoms with Gasteiger partial charge in [0.05, 0.1) is 5.41 Å². The molecular formula is C17H26Cl2N2O. The fourth-order valence-electron chi connectivity index (χ4n) is 3.31. The summed E-state index contributed by atoms with van der Waals surface area (Å²) < 4.78 is 0. The first kappa shape index (κ1) is 19.3. The number of carbonyl (C=O) groups excluding carboxylic acids is 1. The topological polar surface area (TPSA) is 32.3 Å². The van der Waals surface area contributed by atoms with Gasteiger partial charge in [0.15, 0.2) is 0 Å². The van der Waals surface area contributed by atoms with Crippen LogP contribution in [0.4, 0.5) is 0 Å². The van der Waals surface area contributed by atoms with E-state index in [0.717, 1.165) is 44.3 Å². The number of amides is 1. The van der Waals surface area contributed by atoms with Gasteiger partial charge in [0.2, 0.25) is 5.91 Å².